The minimum Gasteiger partial charge on any atom is -0.462 e. The fourth-order valence-electron chi connectivity index (χ4n) is 4.44. The molecule has 0 radical (unpaired) electrons. The molecule has 0 aromatic rings. The summed E-state index contributed by atoms with van der Waals surface area (Å²) in [7, 11) is 0. The topological polar surface area (TPSA) is 87.0 Å². The summed E-state index contributed by atoms with van der Waals surface area (Å²) in [6, 6.07) is 0. The molecule has 0 aromatic heterocycles. The zero-order valence-electron chi connectivity index (χ0n) is 14.6. The van der Waals surface area contributed by atoms with Gasteiger partial charge in [-0.2, -0.15) is 0 Å². The fourth-order valence-corrected chi connectivity index (χ4v) is 4.44. The number of cyclic esters (lactones) is 1. The lowest BCUT2D eigenvalue weighted by atomic mass is 9.66. The third-order valence-corrected chi connectivity index (χ3v) is 5.68. The first kappa shape index (κ1) is 19.2. The molecular formula is C19H30O5. The lowest BCUT2D eigenvalue weighted by molar-refractivity contribution is -0.176. The van der Waals surface area contributed by atoms with Crippen LogP contribution in [0.25, 0.3) is 0 Å². The lowest BCUT2D eigenvalue weighted by Crippen LogP contribution is -2.34. The van der Waals surface area contributed by atoms with Crippen molar-refractivity contribution in [1.29, 1.82) is 0 Å². The molecule has 24 heavy (non-hydrogen) atoms. The maximum Gasteiger partial charge on any atom is 0.308 e. The third kappa shape index (κ3) is 4.68. The largest absolute Gasteiger partial charge is 0.462 e. The summed E-state index contributed by atoms with van der Waals surface area (Å²) < 4.78 is 5.40. The van der Waals surface area contributed by atoms with Crippen molar-refractivity contribution in [3.05, 3.63) is 23.8 Å². The Morgan fingerprint density at radius 3 is 2.67 bits per heavy atom. The average Bonchev–Trinajstić information content (AvgIpc) is 2.55. The molecule has 0 amide bonds. The normalized spacial score (nSPS) is 38.4. The number of ether oxygens (including phenoxy) is 1. The van der Waals surface area contributed by atoms with Gasteiger partial charge in [0.25, 0.3) is 0 Å². The summed E-state index contributed by atoms with van der Waals surface area (Å²) in [5.41, 5.74) is 1.52. The average molecular weight is 338 g/mol. The molecule has 5 nitrogen and oxygen atoms in total. The van der Waals surface area contributed by atoms with Gasteiger partial charge in [-0.3, -0.25) is 15.3 Å². The van der Waals surface area contributed by atoms with Gasteiger partial charge < -0.3 is 9.84 Å². The van der Waals surface area contributed by atoms with Gasteiger partial charge in [0.1, 0.15) is 6.10 Å². The van der Waals surface area contributed by atoms with E-state index in [1.54, 1.807) is 0 Å². The van der Waals surface area contributed by atoms with E-state index < -0.39 is 6.10 Å². The first-order valence-electron chi connectivity index (χ1n) is 9.00. The van der Waals surface area contributed by atoms with Gasteiger partial charge in [-0.1, -0.05) is 32.1 Å². The van der Waals surface area contributed by atoms with Crippen molar-refractivity contribution in [2.24, 2.45) is 23.7 Å². The van der Waals surface area contributed by atoms with Gasteiger partial charge in [0.2, 0.25) is 0 Å². The fraction of sp³-hybridized carbons (Fsp3) is 0.737. The molecule has 3 N–H and O–H groups in total. The number of hydrogen-bond donors (Lipinski definition) is 3. The molecule has 5 heteroatoms. The van der Waals surface area contributed by atoms with Crippen LogP contribution in [0.15, 0.2) is 23.8 Å². The van der Waals surface area contributed by atoms with Crippen LogP contribution < -0.4 is 0 Å². The molecular weight excluding hydrogens is 308 g/mol. The standard InChI is InChI=1S/C19H28O3.H2O2/c1-12-3-7-18-14(9-12)5-4-13(2)17(18)8-6-16-10-15(20)11-19(21)22-16;1-2/h4-5,9,12-13,15-18,20H,3,6-8,10-11H2,1-2H3;1-2H/t12-,13+,15-,16-,17+,18+;/m1./s1. The highest BCUT2D eigenvalue weighted by atomic mass is 17.0. The molecule has 0 aromatic carbocycles. The van der Waals surface area contributed by atoms with E-state index in [0.717, 1.165) is 12.8 Å². The van der Waals surface area contributed by atoms with E-state index in [1.807, 2.05) is 0 Å². The van der Waals surface area contributed by atoms with E-state index >= 15 is 0 Å². The van der Waals surface area contributed by atoms with Crippen LogP contribution in [0.5, 0.6) is 0 Å². The van der Waals surface area contributed by atoms with Crippen molar-refractivity contribution in [2.45, 2.75) is 64.6 Å². The summed E-state index contributed by atoms with van der Waals surface area (Å²) in [6.07, 6.45) is 11.8. The van der Waals surface area contributed by atoms with Gasteiger partial charge in [-0.05, 0) is 54.9 Å². The second kappa shape index (κ2) is 8.79. The Hall–Kier alpha value is -1.17. The lowest BCUT2D eigenvalue weighted by Gasteiger charge is -2.39. The molecule has 1 saturated heterocycles. The quantitative estimate of drug-likeness (QED) is 0.415. The summed E-state index contributed by atoms with van der Waals surface area (Å²) in [5.74, 6) is 2.34. The van der Waals surface area contributed by atoms with Crippen LogP contribution in [0.4, 0.5) is 0 Å². The number of carbonyl (C=O) groups excluding carboxylic acids is 1. The number of fused-ring (bicyclic) bond motifs is 1. The molecule has 2 aliphatic carbocycles. The molecule has 3 aliphatic rings. The van der Waals surface area contributed by atoms with Crippen molar-refractivity contribution in [2.75, 3.05) is 0 Å². The smallest absolute Gasteiger partial charge is 0.308 e. The van der Waals surface area contributed by atoms with E-state index in [0.29, 0.717) is 30.1 Å². The van der Waals surface area contributed by atoms with Crippen molar-refractivity contribution in [1.82, 2.24) is 0 Å². The van der Waals surface area contributed by atoms with E-state index in [9.17, 15) is 9.90 Å². The van der Waals surface area contributed by atoms with Crippen molar-refractivity contribution in [3.8, 4) is 0 Å². The zero-order valence-corrected chi connectivity index (χ0v) is 14.6. The van der Waals surface area contributed by atoms with Gasteiger partial charge in [-0.25, -0.2) is 0 Å². The second-order valence-corrected chi connectivity index (χ2v) is 7.49. The summed E-state index contributed by atoms with van der Waals surface area (Å²) in [6.45, 7) is 4.60. The molecule has 136 valence electrons. The number of carbonyl (C=O) groups is 1. The highest BCUT2D eigenvalue weighted by Gasteiger charge is 2.34. The van der Waals surface area contributed by atoms with Gasteiger partial charge in [0.15, 0.2) is 0 Å². The SMILES string of the molecule is C[C@H]1C=C2C=C[C@H](C)[C@H](CC[C@@H]3C[C@@H](O)CC(=O)O3)[C@H]2CC1.OO. The molecule has 3 rings (SSSR count). The maximum atomic E-state index is 11.5. The van der Waals surface area contributed by atoms with Gasteiger partial charge >= 0.3 is 5.97 Å². The second-order valence-electron chi connectivity index (χ2n) is 7.49. The van der Waals surface area contributed by atoms with E-state index in [1.165, 1.54) is 18.4 Å². The summed E-state index contributed by atoms with van der Waals surface area (Å²) >= 11 is 0. The molecule has 0 spiro atoms. The Bertz CT molecular complexity index is 484. The number of rotatable bonds is 3. The van der Waals surface area contributed by atoms with Crippen molar-refractivity contribution >= 4 is 5.97 Å². The number of esters is 1. The van der Waals surface area contributed by atoms with Gasteiger partial charge in [0.05, 0.1) is 12.5 Å². The number of aliphatic hydroxyl groups excluding tert-OH is 1. The van der Waals surface area contributed by atoms with Crippen molar-refractivity contribution in [3.63, 3.8) is 0 Å². The number of aliphatic hydroxyl groups is 1. The minimum absolute atomic E-state index is 0.0932. The van der Waals surface area contributed by atoms with Crippen LogP contribution in [-0.2, 0) is 9.53 Å². The van der Waals surface area contributed by atoms with E-state index in [4.69, 9.17) is 15.3 Å². The third-order valence-electron chi connectivity index (χ3n) is 5.68. The highest BCUT2D eigenvalue weighted by Crippen LogP contribution is 2.43. The Kier molecular flexibility index (Phi) is 7.02. The molecule has 0 saturated carbocycles. The molecule has 1 heterocycles. The van der Waals surface area contributed by atoms with Gasteiger partial charge in [-0.15, -0.1) is 0 Å². The Morgan fingerprint density at radius 2 is 1.96 bits per heavy atom. The highest BCUT2D eigenvalue weighted by molar-refractivity contribution is 5.70. The molecule has 0 unspecified atom stereocenters. The summed E-state index contributed by atoms with van der Waals surface area (Å²) in [4.78, 5) is 11.5. The first-order chi connectivity index (χ1) is 11.5. The van der Waals surface area contributed by atoms with Crippen LogP contribution in [0.1, 0.15) is 52.4 Å². The predicted molar refractivity (Wildman–Crippen MR) is 91.4 cm³/mol. The van der Waals surface area contributed by atoms with Crippen LogP contribution in [-0.4, -0.2) is 33.8 Å². The van der Waals surface area contributed by atoms with Crippen LogP contribution >= 0.6 is 0 Å². The molecule has 1 aliphatic heterocycles. The Labute approximate surface area is 144 Å². The van der Waals surface area contributed by atoms with Crippen LogP contribution in [0.3, 0.4) is 0 Å². The molecule has 6 atom stereocenters. The monoisotopic (exact) mass is 338 g/mol. The first-order valence-corrected chi connectivity index (χ1v) is 9.00. The molecule has 1 fully saturated rings. The van der Waals surface area contributed by atoms with E-state index in [-0.39, 0.29) is 18.5 Å². The minimum atomic E-state index is -0.513. The van der Waals surface area contributed by atoms with E-state index in [2.05, 4.69) is 32.1 Å². The Morgan fingerprint density at radius 1 is 1.21 bits per heavy atom. The van der Waals surface area contributed by atoms with Crippen LogP contribution in [0, 0.1) is 23.7 Å². The Balaban J connectivity index is 0.00000100. The van der Waals surface area contributed by atoms with Crippen molar-refractivity contribution < 1.29 is 25.2 Å². The predicted octanol–water partition coefficient (Wildman–Crippen LogP) is 3.65. The number of hydrogen-bond acceptors (Lipinski definition) is 5. The maximum absolute atomic E-state index is 11.5. The van der Waals surface area contributed by atoms with Crippen LogP contribution in [0.2, 0.25) is 0 Å². The number of allylic oxidation sites excluding steroid dienone is 4. The van der Waals surface area contributed by atoms with Gasteiger partial charge in [0, 0.05) is 6.42 Å². The zero-order chi connectivity index (χ0) is 17.7. The summed E-state index contributed by atoms with van der Waals surface area (Å²) in [5, 5.41) is 21.7. The molecule has 0 bridgehead atoms.